The van der Waals surface area contributed by atoms with Crippen molar-refractivity contribution in [1.29, 1.82) is 0 Å². The zero-order chi connectivity index (χ0) is 22.2. The Morgan fingerprint density at radius 2 is 1.81 bits per heavy atom. The van der Waals surface area contributed by atoms with Crippen molar-refractivity contribution in [3.05, 3.63) is 47.1 Å². The second-order valence-electron chi connectivity index (χ2n) is 8.17. The molecule has 1 aliphatic heterocycles. The smallest absolute Gasteiger partial charge is 0.261 e. The molecular formula is C22H22N6O4. The predicted octanol–water partition coefficient (Wildman–Crippen LogP) is 1.61. The third-order valence-corrected chi connectivity index (χ3v) is 6.27. The van der Waals surface area contributed by atoms with Crippen LogP contribution in [0.3, 0.4) is 0 Å². The molecule has 3 aromatic rings. The Kier molecular flexibility index (Phi) is 5.04. The fraction of sp³-hybridized carbons (Fsp3) is 0.364. The van der Waals surface area contributed by atoms with Crippen molar-refractivity contribution in [3.63, 3.8) is 0 Å². The number of rotatable bonds is 5. The van der Waals surface area contributed by atoms with E-state index >= 15 is 0 Å². The van der Waals surface area contributed by atoms with E-state index in [2.05, 4.69) is 20.4 Å². The summed E-state index contributed by atoms with van der Waals surface area (Å²) in [5.74, 6) is -1.05. The molecule has 2 aliphatic rings. The lowest BCUT2D eigenvalue weighted by Crippen LogP contribution is -2.34. The summed E-state index contributed by atoms with van der Waals surface area (Å²) in [7, 11) is 0. The maximum absolute atomic E-state index is 12.7. The number of aromatic nitrogens is 4. The van der Waals surface area contributed by atoms with E-state index in [0.717, 1.165) is 25.7 Å². The normalized spacial score (nSPS) is 20.6. The van der Waals surface area contributed by atoms with Crippen LogP contribution in [0.4, 0.5) is 5.69 Å². The van der Waals surface area contributed by atoms with Gasteiger partial charge in [0.1, 0.15) is 5.39 Å². The number of benzene rings is 1. The van der Waals surface area contributed by atoms with Gasteiger partial charge >= 0.3 is 0 Å². The third kappa shape index (κ3) is 3.37. The van der Waals surface area contributed by atoms with Crippen LogP contribution in [-0.4, -0.2) is 48.9 Å². The number of hydrogen-bond donors (Lipinski definition) is 2. The van der Waals surface area contributed by atoms with E-state index in [1.54, 1.807) is 24.3 Å². The van der Waals surface area contributed by atoms with Gasteiger partial charge in [0, 0.05) is 13.0 Å². The van der Waals surface area contributed by atoms with E-state index in [0.29, 0.717) is 22.4 Å². The quantitative estimate of drug-likeness (QED) is 0.587. The summed E-state index contributed by atoms with van der Waals surface area (Å²) in [6, 6.07) is 7.02. The molecule has 164 valence electrons. The van der Waals surface area contributed by atoms with E-state index in [4.69, 9.17) is 0 Å². The van der Waals surface area contributed by atoms with Crippen molar-refractivity contribution in [2.24, 2.45) is 11.8 Å². The van der Waals surface area contributed by atoms with Gasteiger partial charge in [-0.3, -0.25) is 24.1 Å². The molecule has 2 atom stereocenters. The topological polar surface area (TPSA) is 130 Å². The van der Waals surface area contributed by atoms with Gasteiger partial charge in [0.2, 0.25) is 17.7 Å². The first-order valence-electron chi connectivity index (χ1n) is 10.7. The molecule has 32 heavy (non-hydrogen) atoms. The van der Waals surface area contributed by atoms with Crippen molar-refractivity contribution in [2.45, 2.75) is 32.1 Å². The van der Waals surface area contributed by atoms with Crippen molar-refractivity contribution in [2.75, 3.05) is 11.9 Å². The van der Waals surface area contributed by atoms with Crippen molar-refractivity contribution in [3.8, 4) is 5.69 Å². The maximum atomic E-state index is 12.7. The number of imide groups is 1. The van der Waals surface area contributed by atoms with Crippen LogP contribution in [0.1, 0.15) is 32.1 Å². The molecule has 2 unspecified atom stereocenters. The molecule has 0 bridgehead atoms. The summed E-state index contributed by atoms with van der Waals surface area (Å²) in [6.07, 6.45) is 6.15. The molecule has 0 radical (unpaired) electrons. The van der Waals surface area contributed by atoms with Crippen LogP contribution in [0.25, 0.3) is 16.7 Å². The molecule has 1 aromatic carbocycles. The molecule has 2 fully saturated rings. The average Bonchev–Trinajstić information content (AvgIpc) is 3.34. The number of nitrogens with one attached hydrogen (secondary N) is 2. The first kappa shape index (κ1) is 20.1. The number of anilines is 1. The number of carbonyl (C=O) groups excluding carboxylic acids is 3. The van der Waals surface area contributed by atoms with Gasteiger partial charge in [-0.05, 0) is 25.0 Å². The Hall–Kier alpha value is -3.82. The molecule has 1 aliphatic carbocycles. The first-order chi connectivity index (χ1) is 15.5. The molecule has 1 saturated carbocycles. The van der Waals surface area contributed by atoms with Gasteiger partial charge in [-0.25, -0.2) is 9.67 Å². The summed E-state index contributed by atoms with van der Waals surface area (Å²) in [5, 5.41) is 7.42. The van der Waals surface area contributed by atoms with Gasteiger partial charge in [0.05, 0.1) is 35.7 Å². The van der Waals surface area contributed by atoms with E-state index in [1.807, 2.05) is 0 Å². The predicted molar refractivity (Wildman–Crippen MR) is 115 cm³/mol. The second kappa shape index (κ2) is 8.03. The Morgan fingerprint density at radius 3 is 2.56 bits per heavy atom. The first-order valence-corrected chi connectivity index (χ1v) is 10.7. The third-order valence-electron chi connectivity index (χ3n) is 6.27. The van der Waals surface area contributed by atoms with Crippen LogP contribution >= 0.6 is 0 Å². The molecule has 3 amide bonds. The monoisotopic (exact) mass is 434 g/mol. The lowest BCUT2D eigenvalue weighted by molar-refractivity contribution is -0.140. The summed E-state index contributed by atoms with van der Waals surface area (Å²) in [6.45, 7) is 0.0697. The van der Waals surface area contributed by atoms with Gasteiger partial charge in [0.15, 0.2) is 5.65 Å². The largest absolute Gasteiger partial charge is 0.324 e. The minimum atomic E-state index is -0.324. The number of carbonyl (C=O) groups is 3. The van der Waals surface area contributed by atoms with E-state index in [1.165, 1.54) is 22.1 Å². The molecule has 2 N–H and O–H groups in total. The molecular weight excluding hydrogens is 412 g/mol. The number of fused-ring (bicyclic) bond motifs is 2. The number of nitrogens with zero attached hydrogens (tertiary/aromatic N) is 4. The minimum Gasteiger partial charge on any atom is -0.324 e. The van der Waals surface area contributed by atoms with Crippen molar-refractivity contribution < 1.29 is 14.4 Å². The van der Waals surface area contributed by atoms with Gasteiger partial charge < -0.3 is 10.3 Å². The Morgan fingerprint density at radius 1 is 1.09 bits per heavy atom. The lowest BCUT2D eigenvalue weighted by atomic mass is 9.81. The Balaban J connectivity index is 1.32. The molecule has 0 spiro atoms. The van der Waals surface area contributed by atoms with Gasteiger partial charge in [-0.15, -0.1) is 0 Å². The highest BCUT2D eigenvalue weighted by molar-refractivity contribution is 6.05. The fourth-order valence-electron chi connectivity index (χ4n) is 4.67. The highest BCUT2D eigenvalue weighted by atomic mass is 16.2. The number of H-pyrrole nitrogens is 1. The number of hydrogen-bond acceptors (Lipinski definition) is 6. The maximum Gasteiger partial charge on any atom is 0.261 e. The molecule has 5 rings (SSSR count). The molecule has 10 nitrogen and oxygen atoms in total. The van der Waals surface area contributed by atoms with Crippen LogP contribution < -0.4 is 10.9 Å². The highest BCUT2D eigenvalue weighted by Gasteiger charge is 2.47. The lowest BCUT2D eigenvalue weighted by Gasteiger charge is -2.19. The molecule has 3 heterocycles. The van der Waals surface area contributed by atoms with Crippen LogP contribution in [0.5, 0.6) is 0 Å². The highest BCUT2D eigenvalue weighted by Crippen LogP contribution is 2.38. The van der Waals surface area contributed by atoms with Gasteiger partial charge in [-0.1, -0.05) is 25.0 Å². The number of likely N-dealkylation sites (tertiary alicyclic amines) is 1. The Bertz CT molecular complexity index is 1250. The van der Waals surface area contributed by atoms with Crippen LogP contribution in [-0.2, 0) is 14.4 Å². The number of para-hydroxylation sites is 2. The fourth-order valence-corrected chi connectivity index (χ4v) is 4.67. The minimum absolute atomic E-state index is 0.00300. The van der Waals surface area contributed by atoms with Crippen LogP contribution in [0.15, 0.2) is 41.6 Å². The zero-order valence-corrected chi connectivity index (χ0v) is 17.3. The van der Waals surface area contributed by atoms with E-state index in [9.17, 15) is 19.2 Å². The second-order valence-corrected chi connectivity index (χ2v) is 8.17. The average molecular weight is 434 g/mol. The summed E-state index contributed by atoms with van der Waals surface area (Å²) < 4.78 is 1.48. The van der Waals surface area contributed by atoms with Gasteiger partial charge in [-0.2, -0.15) is 5.10 Å². The van der Waals surface area contributed by atoms with Gasteiger partial charge in [0.25, 0.3) is 5.56 Å². The van der Waals surface area contributed by atoms with E-state index < -0.39 is 0 Å². The summed E-state index contributed by atoms with van der Waals surface area (Å²) in [4.78, 5) is 57.8. The molecule has 1 saturated heterocycles. The summed E-state index contributed by atoms with van der Waals surface area (Å²) >= 11 is 0. The number of aromatic amines is 1. The van der Waals surface area contributed by atoms with Crippen molar-refractivity contribution >= 4 is 34.4 Å². The van der Waals surface area contributed by atoms with Crippen molar-refractivity contribution in [1.82, 2.24) is 24.6 Å². The van der Waals surface area contributed by atoms with E-state index in [-0.39, 0.29) is 48.1 Å². The SMILES string of the molecule is O=C(CCN1C(=O)C2CCCCC2C1=O)Nc1ccccc1-n1ncc2c(=O)[nH]cnc21. The van der Waals surface area contributed by atoms with Crippen LogP contribution in [0.2, 0.25) is 0 Å². The molecule has 10 heteroatoms. The standard InChI is InChI=1S/C22H22N6O4/c29-18(9-10-27-21(31)13-5-1-2-6-14(13)22(27)32)26-16-7-3-4-8-17(16)28-19-15(11-25-28)20(30)24-12-23-19/h3-4,7-8,11-14H,1-2,5-6,9-10H2,(H,26,29)(H,23,24,30). The zero-order valence-electron chi connectivity index (χ0n) is 17.3. The van der Waals surface area contributed by atoms with Crippen LogP contribution in [0, 0.1) is 11.8 Å². The molecule has 2 aromatic heterocycles. The summed E-state index contributed by atoms with van der Waals surface area (Å²) in [5.41, 5.74) is 1.10. The Labute approximate surface area is 182 Å². The number of amides is 3.